The van der Waals surface area contributed by atoms with Crippen molar-refractivity contribution in [3.63, 3.8) is 0 Å². The van der Waals surface area contributed by atoms with Gasteiger partial charge in [-0.25, -0.2) is 0 Å². The summed E-state index contributed by atoms with van der Waals surface area (Å²) in [7, 11) is 0. The summed E-state index contributed by atoms with van der Waals surface area (Å²) < 4.78 is 6.13. The lowest BCUT2D eigenvalue weighted by Crippen LogP contribution is -2.25. The Morgan fingerprint density at radius 3 is 0.905 bits per heavy atom. The largest absolute Gasteiger partial charge is 0.375 e. The zero-order chi connectivity index (χ0) is 16.9. The average molecular weight is 303 g/mol. The second-order valence-corrected chi connectivity index (χ2v) is 4.66. The second-order valence-electron chi connectivity index (χ2n) is 4.66. The maximum atomic E-state index is 6.13. The van der Waals surface area contributed by atoms with Crippen molar-refractivity contribution in [1.82, 2.24) is 0 Å². The van der Waals surface area contributed by atoms with Crippen molar-refractivity contribution in [3.05, 3.63) is 0 Å². The van der Waals surface area contributed by atoms with Crippen LogP contribution in [-0.2, 0) is 4.74 Å². The van der Waals surface area contributed by atoms with Crippen LogP contribution in [0.25, 0.3) is 0 Å². The van der Waals surface area contributed by atoms with Gasteiger partial charge in [0.15, 0.2) is 0 Å². The molecule has 1 heteroatoms. The summed E-state index contributed by atoms with van der Waals surface area (Å²) >= 11 is 0. The van der Waals surface area contributed by atoms with Crippen LogP contribution in [0.15, 0.2) is 0 Å². The van der Waals surface area contributed by atoms with Gasteiger partial charge in [-0.1, -0.05) is 93.9 Å². The van der Waals surface area contributed by atoms with Crippen LogP contribution in [0.1, 0.15) is 120 Å². The fourth-order valence-corrected chi connectivity index (χ4v) is 2.67. The Labute approximate surface area is 137 Å². The highest BCUT2D eigenvalue weighted by molar-refractivity contribution is 4.71. The standard InChI is InChI=1S/C12H22O.4C2H6/c1-3-7-11(8-4-1)13-12-9-5-2-6-10-12;4*1-2/h11-12H,1-10H2;4*1-2H3. The third kappa shape index (κ3) is 16.2. The zero-order valence-corrected chi connectivity index (χ0v) is 16.6. The van der Waals surface area contributed by atoms with Crippen LogP contribution >= 0.6 is 0 Å². The summed E-state index contributed by atoms with van der Waals surface area (Å²) in [6.45, 7) is 16.0. The van der Waals surface area contributed by atoms with Crippen molar-refractivity contribution in [3.8, 4) is 0 Å². The van der Waals surface area contributed by atoms with Gasteiger partial charge in [-0.3, -0.25) is 0 Å². The minimum atomic E-state index is 0.622. The van der Waals surface area contributed by atoms with Gasteiger partial charge >= 0.3 is 0 Å². The number of hydrogen-bond acceptors (Lipinski definition) is 1. The molecule has 0 spiro atoms. The van der Waals surface area contributed by atoms with E-state index in [9.17, 15) is 0 Å². The van der Waals surface area contributed by atoms with E-state index in [-0.39, 0.29) is 0 Å². The van der Waals surface area contributed by atoms with Gasteiger partial charge in [-0.15, -0.1) is 0 Å². The third-order valence-electron chi connectivity index (χ3n) is 3.49. The maximum absolute atomic E-state index is 6.13. The molecule has 2 saturated carbocycles. The summed E-state index contributed by atoms with van der Waals surface area (Å²) in [5, 5.41) is 0. The van der Waals surface area contributed by atoms with E-state index in [1.807, 2.05) is 55.4 Å². The Hall–Kier alpha value is -0.0400. The molecule has 0 aromatic carbocycles. The summed E-state index contributed by atoms with van der Waals surface area (Å²) in [6.07, 6.45) is 15.0. The van der Waals surface area contributed by atoms with Gasteiger partial charge < -0.3 is 4.74 Å². The van der Waals surface area contributed by atoms with E-state index in [2.05, 4.69) is 0 Å². The molecule has 0 aliphatic heterocycles. The van der Waals surface area contributed by atoms with Crippen molar-refractivity contribution < 1.29 is 4.74 Å². The van der Waals surface area contributed by atoms with E-state index < -0.39 is 0 Å². The molecule has 21 heavy (non-hydrogen) atoms. The summed E-state index contributed by atoms with van der Waals surface area (Å²) in [6, 6.07) is 0. The first kappa shape index (κ1) is 25.9. The number of hydrogen-bond donors (Lipinski definition) is 0. The van der Waals surface area contributed by atoms with Crippen molar-refractivity contribution in [2.75, 3.05) is 0 Å². The summed E-state index contributed by atoms with van der Waals surface area (Å²) in [5.41, 5.74) is 0. The molecule has 0 atom stereocenters. The molecule has 0 saturated heterocycles. The van der Waals surface area contributed by atoms with E-state index in [1.165, 1.54) is 64.2 Å². The summed E-state index contributed by atoms with van der Waals surface area (Å²) in [5.74, 6) is 0. The molecular formula is C20H46O. The molecule has 132 valence electrons. The molecule has 2 fully saturated rings. The van der Waals surface area contributed by atoms with E-state index in [4.69, 9.17) is 4.74 Å². The SMILES string of the molecule is C1CCC(OC2CCCCC2)CC1.CC.CC.CC.CC. The van der Waals surface area contributed by atoms with Crippen LogP contribution < -0.4 is 0 Å². The van der Waals surface area contributed by atoms with Gasteiger partial charge in [-0.2, -0.15) is 0 Å². The Balaban J connectivity index is -0.000000353. The highest BCUT2D eigenvalue weighted by atomic mass is 16.5. The number of ether oxygens (including phenoxy) is 1. The van der Waals surface area contributed by atoms with Crippen molar-refractivity contribution in [2.45, 2.75) is 132 Å². The Kier molecular flexibility index (Phi) is 30.8. The molecule has 2 rings (SSSR count). The van der Waals surface area contributed by atoms with Gasteiger partial charge in [0.05, 0.1) is 12.2 Å². The Morgan fingerprint density at radius 2 is 0.667 bits per heavy atom. The Morgan fingerprint density at radius 1 is 0.429 bits per heavy atom. The van der Waals surface area contributed by atoms with Gasteiger partial charge in [0.1, 0.15) is 0 Å². The zero-order valence-electron chi connectivity index (χ0n) is 16.6. The third-order valence-corrected chi connectivity index (χ3v) is 3.49. The molecule has 0 aromatic rings. The predicted octanol–water partition coefficient (Wildman–Crippen LogP) is 7.77. The quantitative estimate of drug-likeness (QED) is 0.506. The van der Waals surface area contributed by atoms with E-state index in [0.29, 0.717) is 12.2 Å². The fourth-order valence-electron chi connectivity index (χ4n) is 2.67. The molecule has 0 heterocycles. The lowest BCUT2D eigenvalue weighted by Gasteiger charge is -2.29. The molecule has 0 aromatic heterocycles. The molecule has 1 nitrogen and oxygen atoms in total. The first-order chi connectivity index (χ1) is 10.4. The normalized spacial score (nSPS) is 18.3. The van der Waals surface area contributed by atoms with Gasteiger partial charge in [-0.05, 0) is 25.7 Å². The van der Waals surface area contributed by atoms with Gasteiger partial charge in [0.25, 0.3) is 0 Å². The Bertz CT molecular complexity index is 117. The highest BCUT2D eigenvalue weighted by Crippen LogP contribution is 2.26. The molecular weight excluding hydrogens is 256 g/mol. The molecule has 0 amide bonds. The monoisotopic (exact) mass is 302 g/mol. The van der Waals surface area contributed by atoms with Gasteiger partial charge in [0.2, 0.25) is 0 Å². The number of rotatable bonds is 2. The average Bonchev–Trinajstić information content (AvgIpc) is 2.64. The van der Waals surface area contributed by atoms with Crippen LogP contribution in [0.5, 0.6) is 0 Å². The molecule has 0 radical (unpaired) electrons. The first-order valence-electron chi connectivity index (χ1n) is 10.1. The molecule has 2 aliphatic rings. The second kappa shape index (κ2) is 24.9. The topological polar surface area (TPSA) is 9.23 Å². The van der Waals surface area contributed by atoms with Crippen LogP contribution in [-0.4, -0.2) is 12.2 Å². The molecule has 0 unspecified atom stereocenters. The van der Waals surface area contributed by atoms with Crippen LogP contribution in [0, 0.1) is 0 Å². The van der Waals surface area contributed by atoms with Gasteiger partial charge in [0, 0.05) is 0 Å². The van der Waals surface area contributed by atoms with Crippen molar-refractivity contribution in [2.24, 2.45) is 0 Å². The maximum Gasteiger partial charge on any atom is 0.0578 e. The summed E-state index contributed by atoms with van der Waals surface area (Å²) in [4.78, 5) is 0. The predicted molar refractivity (Wildman–Crippen MR) is 100 cm³/mol. The fraction of sp³-hybridized carbons (Fsp3) is 1.00. The van der Waals surface area contributed by atoms with E-state index in [0.717, 1.165) is 0 Å². The minimum Gasteiger partial charge on any atom is -0.375 e. The smallest absolute Gasteiger partial charge is 0.0578 e. The highest BCUT2D eigenvalue weighted by Gasteiger charge is 2.20. The molecule has 0 N–H and O–H groups in total. The minimum absolute atomic E-state index is 0.622. The van der Waals surface area contributed by atoms with E-state index >= 15 is 0 Å². The lowest BCUT2D eigenvalue weighted by molar-refractivity contribution is -0.0450. The lowest BCUT2D eigenvalue weighted by atomic mass is 9.95. The van der Waals surface area contributed by atoms with E-state index in [1.54, 1.807) is 0 Å². The first-order valence-corrected chi connectivity index (χ1v) is 10.1. The molecule has 2 aliphatic carbocycles. The van der Waals surface area contributed by atoms with Crippen LogP contribution in [0.3, 0.4) is 0 Å². The van der Waals surface area contributed by atoms with Crippen LogP contribution in [0.2, 0.25) is 0 Å². The van der Waals surface area contributed by atoms with Crippen molar-refractivity contribution >= 4 is 0 Å². The van der Waals surface area contributed by atoms with Crippen molar-refractivity contribution in [1.29, 1.82) is 0 Å². The van der Waals surface area contributed by atoms with Crippen LogP contribution in [0.4, 0.5) is 0 Å². The molecule has 0 bridgehead atoms.